The average Bonchev–Trinajstić information content (AvgIpc) is 2.97. The van der Waals surface area contributed by atoms with Crippen molar-refractivity contribution >= 4 is 0 Å². The van der Waals surface area contributed by atoms with Crippen molar-refractivity contribution in [1.82, 2.24) is 4.90 Å². The summed E-state index contributed by atoms with van der Waals surface area (Å²) in [6.07, 6.45) is 8.31. The summed E-state index contributed by atoms with van der Waals surface area (Å²) < 4.78 is 0. The molecule has 5 atom stereocenters. The molecule has 0 radical (unpaired) electrons. The highest BCUT2D eigenvalue weighted by Gasteiger charge is 2.45. The molecule has 1 saturated heterocycles. The van der Waals surface area contributed by atoms with E-state index in [4.69, 9.17) is 0 Å². The first kappa shape index (κ1) is 17.7. The molecule has 1 aliphatic carbocycles. The summed E-state index contributed by atoms with van der Waals surface area (Å²) in [7, 11) is 0. The Morgan fingerprint density at radius 2 is 2.00 bits per heavy atom. The van der Waals surface area contributed by atoms with Crippen molar-refractivity contribution in [3.8, 4) is 0 Å². The first-order chi connectivity index (χ1) is 11.7. The van der Waals surface area contributed by atoms with Crippen LogP contribution in [0.1, 0.15) is 38.2 Å². The molecule has 1 heterocycles. The Morgan fingerprint density at radius 1 is 1.21 bits per heavy atom. The Hall–Kier alpha value is -1.16. The number of unbranched alkanes of at least 4 members (excludes halogenated alkanes) is 1. The zero-order valence-corrected chi connectivity index (χ0v) is 14.7. The Bertz CT molecular complexity index is 530. The van der Waals surface area contributed by atoms with Gasteiger partial charge >= 0.3 is 0 Å². The molecule has 0 unspecified atom stereocenters. The van der Waals surface area contributed by atoms with Gasteiger partial charge in [0.05, 0.1) is 6.10 Å². The summed E-state index contributed by atoms with van der Waals surface area (Å²) in [6, 6.07) is 10.8. The third-order valence-electron chi connectivity index (χ3n) is 5.75. The van der Waals surface area contributed by atoms with Gasteiger partial charge in [-0.3, -0.25) is 4.90 Å². The summed E-state index contributed by atoms with van der Waals surface area (Å²) in [4.78, 5) is 2.48. The number of aliphatic hydroxyl groups is 2. The number of fused-ring (bicyclic) bond motifs is 1. The second-order valence-corrected chi connectivity index (χ2v) is 7.52. The smallest absolute Gasteiger partial charge is 0.0701 e. The number of hydrogen-bond acceptors (Lipinski definition) is 3. The Balaban J connectivity index is 1.77. The molecule has 1 aliphatic heterocycles. The van der Waals surface area contributed by atoms with Gasteiger partial charge < -0.3 is 10.2 Å². The van der Waals surface area contributed by atoms with Crippen molar-refractivity contribution in [1.29, 1.82) is 0 Å². The molecule has 0 amide bonds. The summed E-state index contributed by atoms with van der Waals surface area (Å²) in [5.74, 6) is 1.26. The Labute approximate surface area is 146 Å². The molecular weight excluding hydrogens is 298 g/mol. The van der Waals surface area contributed by atoms with Crippen LogP contribution in [0.3, 0.4) is 0 Å². The minimum atomic E-state index is -0.265. The fourth-order valence-corrected chi connectivity index (χ4v) is 4.53. The molecule has 3 rings (SSSR count). The number of aliphatic hydroxyl groups excluding tert-OH is 2. The van der Waals surface area contributed by atoms with Crippen molar-refractivity contribution in [2.24, 2.45) is 17.8 Å². The van der Waals surface area contributed by atoms with Gasteiger partial charge in [0.1, 0.15) is 0 Å². The zero-order valence-electron chi connectivity index (χ0n) is 14.7. The van der Waals surface area contributed by atoms with Gasteiger partial charge in [0.25, 0.3) is 0 Å². The van der Waals surface area contributed by atoms with E-state index in [1.54, 1.807) is 0 Å². The molecule has 1 aromatic rings. The highest BCUT2D eigenvalue weighted by molar-refractivity contribution is 5.17. The second kappa shape index (κ2) is 8.28. The van der Waals surface area contributed by atoms with Gasteiger partial charge in [0.2, 0.25) is 0 Å². The van der Waals surface area contributed by atoms with Crippen molar-refractivity contribution in [3.05, 3.63) is 48.0 Å². The molecule has 2 aliphatic rings. The van der Waals surface area contributed by atoms with Gasteiger partial charge in [0.15, 0.2) is 0 Å². The van der Waals surface area contributed by atoms with Crippen molar-refractivity contribution in [2.75, 3.05) is 13.2 Å². The second-order valence-electron chi connectivity index (χ2n) is 7.52. The van der Waals surface area contributed by atoms with Crippen LogP contribution in [0.4, 0.5) is 0 Å². The van der Waals surface area contributed by atoms with E-state index in [1.165, 1.54) is 5.56 Å². The standard InChI is InChI=1S/C21H31NO2/c1-2-3-9-20(24)21-19-11-10-17(15-23)12-18(19)14-22(21)13-16-7-5-4-6-8-16/h4-8,10-11,17-21,23-24H,2-3,9,12-15H2,1H3/t17-,18+,19+,20-,21+/m0/s1. The van der Waals surface area contributed by atoms with Gasteiger partial charge in [0, 0.05) is 31.7 Å². The summed E-state index contributed by atoms with van der Waals surface area (Å²) in [6.45, 7) is 4.34. The third kappa shape index (κ3) is 3.90. The lowest BCUT2D eigenvalue weighted by Crippen LogP contribution is -2.42. The predicted molar refractivity (Wildman–Crippen MR) is 97.5 cm³/mol. The number of hydrogen-bond donors (Lipinski definition) is 2. The van der Waals surface area contributed by atoms with Crippen molar-refractivity contribution < 1.29 is 10.2 Å². The quantitative estimate of drug-likeness (QED) is 0.755. The zero-order chi connectivity index (χ0) is 16.9. The van der Waals surface area contributed by atoms with E-state index in [0.29, 0.717) is 11.8 Å². The Kier molecular flexibility index (Phi) is 6.09. The molecule has 1 fully saturated rings. The molecule has 1 aromatic carbocycles. The van der Waals surface area contributed by atoms with Crippen LogP contribution in [0.2, 0.25) is 0 Å². The maximum atomic E-state index is 10.9. The molecule has 3 nitrogen and oxygen atoms in total. The molecule has 132 valence electrons. The topological polar surface area (TPSA) is 43.7 Å². The fraction of sp³-hybridized carbons (Fsp3) is 0.619. The van der Waals surface area contributed by atoms with Crippen LogP contribution >= 0.6 is 0 Å². The Morgan fingerprint density at radius 3 is 2.71 bits per heavy atom. The van der Waals surface area contributed by atoms with Crippen LogP contribution < -0.4 is 0 Å². The van der Waals surface area contributed by atoms with Gasteiger partial charge in [-0.05, 0) is 30.2 Å². The lowest BCUT2D eigenvalue weighted by atomic mass is 9.77. The third-order valence-corrected chi connectivity index (χ3v) is 5.75. The highest BCUT2D eigenvalue weighted by Crippen LogP contribution is 2.41. The SMILES string of the molecule is CCCC[C@H](O)[C@H]1[C@@H]2C=C[C@H](CO)C[C@@H]2CN1Cc1ccccc1. The monoisotopic (exact) mass is 329 g/mol. The van der Waals surface area contributed by atoms with Gasteiger partial charge in [-0.1, -0.05) is 62.2 Å². The van der Waals surface area contributed by atoms with E-state index < -0.39 is 0 Å². The molecule has 0 bridgehead atoms. The molecule has 3 heteroatoms. The lowest BCUT2D eigenvalue weighted by Gasteiger charge is -2.33. The molecular formula is C21H31NO2. The van der Waals surface area contributed by atoms with Gasteiger partial charge in [-0.25, -0.2) is 0 Å². The molecule has 24 heavy (non-hydrogen) atoms. The first-order valence-corrected chi connectivity index (χ1v) is 9.48. The van der Waals surface area contributed by atoms with Crippen LogP contribution in [0.5, 0.6) is 0 Å². The molecule has 2 N–H and O–H groups in total. The van der Waals surface area contributed by atoms with E-state index in [9.17, 15) is 10.2 Å². The molecule has 0 spiro atoms. The highest BCUT2D eigenvalue weighted by atomic mass is 16.3. The first-order valence-electron chi connectivity index (χ1n) is 9.48. The average molecular weight is 329 g/mol. The number of rotatable bonds is 7. The van der Waals surface area contributed by atoms with Crippen molar-refractivity contribution in [2.45, 2.75) is 51.3 Å². The summed E-state index contributed by atoms with van der Waals surface area (Å²) >= 11 is 0. The minimum Gasteiger partial charge on any atom is -0.396 e. The van der Waals surface area contributed by atoms with Crippen molar-refractivity contribution in [3.63, 3.8) is 0 Å². The maximum Gasteiger partial charge on any atom is 0.0701 e. The number of nitrogens with zero attached hydrogens (tertiary/aromatic N) is 1. The van der Waals surface area contributed by atoms with Crippen LogP contribution in [-0.4, -0.2) is 40.4 Å². The van der Waals surface area contributed by atoms with E-state index in [2.05, 4.69) is 54.3 Å². The van der Waals surface area contributed by atoms with Gasteiger partial charge in [-0.2, -0.15) is 0 Å². The normalized spacial score (nSPS) is 31.1. The van der Waals surface area contributed by atoms with Crippen LogP contribution in [-0.2, 0) is 6.54 Å². The maximum absolute atomic E-state index is 10.9. The molecule has 0 aromatic heterocycles. The fourth-order valence-electron chi connectivity index (χ4n) is 4.53. The van der Waals surface area contributed by atoms with Crippen LogP contribution in [0.25, 0.3) is 0 Å². The predicted octanol–water partition coefficient (Wildman–Crippen LogP) is 3.22. The van der Waals surface area contributed by atoms with E-state index >= 15 is 0 Å². The van der Waals surface area contributed by atoms with Crippen LogP contribution in [0, 0.1) is 17.8 Å². The molecule has 0 saturated carbocycles. The lowest BCUT2D eigenvalue weighted by molar-refractivity contribution is 0.0487. The van der Waals surface area contributed by atoms with Crippen LogP contribution in [0.15, 0.2) is 42.5 Å². The number of benzene rings is 1. The van der Waals surface area contributed by atoms with E-state index in [0.717, 1.165) is 38.8 Å². The largest absolute Gasteiger partial charge is 0.396 e. The minimum absolute atomic E-state index is 0.206. The number of likely N-dealkylation sites (tertiary alicyclic amines) is 1. The summed E-state index contributed by atoms with van der Waals surface area (Å²) in [5, 5.41) is 20.4. The van der Waals surface area contributed by atoms with E-state index in [-0.39, 0.29) is 24.7 Å². The van der Waals surface area contributed by atoms with E-state index in [1.807, 2.05) is 0 Å². The van der Waals surface area contributed by atoms with Gasteiger partial charge in [-0.15, -0.1) is 0 Å². The summed E-state index contributed by atoms with van der Waals surface area (Å²) in [5.41, 5.74) is 1.31.